The fourth-order valence-electron chi connectivity index (χ4n) is 3.85. The summed E-state index contributed by atoms with van der Waals surface area (Å²) in [4.78, 5) is 12.6. The number of benzene rings is 1. The molecule has 2 N–H and O–H groups in total. The van der Waals surface area contributed by atoms with E-state index in [1.165, 1.54) is 25.7 Å². The highest BCUT2D eigenvalue weighted by atomic mass is 35.5. The quantitative estimate of drug-likeness (QED) is 0.796. The molecule has 1 saturated heterocycles. The van der Waals surface area contributed by atoms with Crippen molar-refractivity contribution < 1.29 is 9.53 Å². The van der Waals surface area contributed by atoms with E-state index in [1.807, 2.05) is 18.2 Å². The van der Waals surface area contributed by atoms with E-state index in [0.717, 1.165) is 12.1 Å². The Balaban J connectivity index is 0.00000131. The van der Waals surface area contributed by atoms with Crippen molar-refractivity contribution in [3.63, 3.8) is 0 Å². The highest BCUT2D eigenvalue weighted by Gasteiger charge is 2.38. The number of halogens is 2. The Morgan fingerprint density at radius 2 is 2.00 bits per heavy atom. The summed E-state index contributed by atoms with van der Waals surface area (Å²) in [5.41, 5.74) is 0.725. The van der Waals surface area contributed by atoms with E-state index in [2.05, 4.69) is 20.8 Å². The molecule has 1 aliphatic carbocycles. The second-order valence-electron chi connectivity index (χ2n) is 6.79. The van der Waals surface area contributed by atoms with Gasteiger partial charge in [-0.25, -0.2) is 0 Å². The van der Waals surface area contributed by atoms with Crippen molar-refractivity contribution in [2.45, 2.75) is 44.2 Å². The van der Waals surface area contributed by atoms with E-state index >= 15 is 0 Å². The minimum Gasteiger partial charge on any atom is -0.437 e. The van der Waals surface area contributed by atoms with Crippen LogP contribution in [-0.4, -0.2) is 28.2 Å². The Bertz CT molecular complexity index is 733. The third kappa shape index (κ3) is 5.31. The Morgan fingerprint density at radius 3 is 2.78 bits per heavy atom. The maximum atomic E-state index is 12.6. The van der Waals surface area contributed by atoms with Crippen LogP contribution in [0.5, 0.6) is 11.6 Å². The summed E-state index contributed by atoms with van der Waals surface area (Å²) in [6, 6.07) is 11.3. The lowest BCUT2D eigenvalue weighted by Gasteiger charge is -2.24. The number of hydrogen-bond donors (Lipinski definition) is 2. The first-order chi connectivity index (χ1) is 12.3. The Kier molecular flexibility index (Phi) is 7.83. The highest BCUT2D eigenvalue weighted by molar-refractivity contribution is 5.95. The van der Waals surface area contributed by atoms with Gasteiger partial charge in [-0.15, -0.1) is 29.9 Å². The summed E-state index contributed by atoms with van der Waals surface area (Å²) in [6.07, 6.45) is 7.52. The van der Waals surface area contributed by atoms with Crippen molar-refractivity contribution in [1.82, 2.24) is 15.5 Å². The molecule has 2 heterocycles. The number of amides is 1. The molecule has 3 unspecified atom stereocenters. The minimum atomic E-state index is -0.0994. The van der Waals surface area contributed by atoms with Gasteiger partial charge in [0.15, 0.2) is 0 Å². The Morgan fingerprint density at radius 1 is 1.15 bits per heavy atom. The first kappa shape index (κ1) is 21.4. The number of anilines is 1. The molecule has 2 aromatic rings. The number of nitrogens with zero attached hydrogens (tertiary/aromatic N) is 2. The summed E-state index contributed by atoms with van der Waals surface area (Å²) in [7, 11) is 0. The molecule has 1 amide bonds. The molecule has 2 aliphatic rings. The van der Waals surface area contributed by atoms with E-state index in [-0.39, 0.29) is 36.8 Å². The van der Waals surface area contributed by atoms with Crippen molar-refractivity contribution in [3.05, 3.63) is 42.6 Å². The fraction of sp³-hybridized carbons (Fsp3) is 0.421. The molecular weight excluding hydrogens is 387 g/mol. The second-order valence-corrected chi connectivity index (χ2v) is 6.79. The normalized spacial score (nSPS) is 23.3. The molecule has 27 heavy (non-hydrogen) atoms. The van der Waals surface area contributed by atoms with Crippen LogP contribution in [0.15, 0.2) is 42.6 Å². The van der Waals surface area contributed by atoms with Crippen LogP contribution in [-0.2, 0) is 4.79 Å². The van der Waals surface area contributed by atoms with Gasteiger partial charge in [0.25, 0.3) is 0 Å². The molecule has 0 radical (unpaired) electrons. The maximum Gasteiger partial charge on any atom is 0.241 e. The third-order valence-corrected chi connectivity index (χ3v) is 5.05. The summed E-state index contributed by atoms with van der Waals surface area (Å²) in [5.74, 6) is 1.72. The van der Waals surface area contributed by atoms with E-state index in [0.29, 0.717) is 23.6 Å². The maximum absolute atomic E-state index is 12.6. The lowest BCUT2D eigenvalue weighted by molar-refractivity contribution is -0.117. The number of carbonyl (C=O) groups is 1. The van der Waals surface area contributed by atoms with Gasteiger partial charge in [-0.05, 0) is 43.4 Å². The summed E-state index contributed by atoms with van der Waals surface area (Å²) in [5, 5.41) is 14.2. The molecule has 0 bridgehead atoms. The van der Waals surface area contributed by atoms with Gasteiger partial charge >= 0.3 is 0 Å². The molecule has 2 fully saturated rings. The SMILES string of the molecule is Cl.Cl.O=C(Nc1cccc(Oc2cccnn2)c1)C1CC2CCCCC2N1. The van der Waals surface area contributed by atoms with E-state index in [1.54, 1.807) is 24.4 Å². The van der Waals surface area contributed by atoms with E-state index in [9.17, 15) is 4.79 Å². The zero-order valence-corrected chi connectivity index (χ0v) is 16.5. The standard InChI is InChI=1S/C19H22N4O2.2ClH/c24-19(17-11-13-5-1-2-8-16(13)22-17)21-14-6-3-7-15(12-14)25-18-9-4-10-20-23-18;;/h3-4,6-7,9-10,12-13,16-17,22H,1-2,5,8,11H2,(H,21,24);2*1H. The molecule has 146 valence electrons. The van der Waals surface area contributed by atoms with Crippen LogP contribution in [0.25, 0.3) is 0 Å². The molecule has 6 nitrogen and oxygen atoms in total. The number of ether oxygens (including phenoxy) is 1. The van der Waals surface area contributed by atoms with Crippen LogP contribution in [0.1, 0.15) is 32.1 Å². The Hall–Kier alpha value is -1.89. The van der Waals surface area contributed by atoms with Crippen molar-refractivity contribution in [3.8, 4) is 11.6 Å². The molecule has 4 rings (SSSR count). The zero-order valence-electron chi connectivity index (χ0n) is 14.8. The molecule has 1 aromatic heterocycles. The second kappa shape index (κ2) is 9.88. The van der Waals surface area contributed by atoms with Crippen LogP contribution in [0, 0.1) is 5.92 Å². The third-order valence-electron chi connectivity index (χ3n) is 5.05. The van der Waals surface area contributed by atoms with Gasteiger partial charge in [0, 0.05) is 30.1 Å². The molecular formula is C19H24Cl2N4O2. The summed E-state index contributed by atoms with van der Waals surface area (Å²) < 4.78 is 5.66. The van der Waals surface area contributed by atoms with Crippen LogP contribution in [0.3, 0.4) is 0 Å². The number of rotatable bonds is 4. The number of carbonyl (C=O) groups excluding carboxylic acids is 1. The number of nitrogens with one attached hydrogen (secondary N) is 2. The van der Waals surface area contributed by atoms with Gasteiger partial charge in [0.2, 0.25) is 11.8 Å². The lowest BCUT2D eigenvalue weighted by Crippen LogP contribution is -2.39. The number of hydrogen-bond acceptors (Lipinski definition) is 5. The van der Waals surface area contributed by atoms with Crippen molar-refractivity contribution in [1.29, 1.82) is 0 Å². The van der Waals surface area contributed by atoms with Gasteiger partial charge in [-0.2, -0.15) is 5.10 Å². The molecule has 1 saturated carbocycles. The van der Waals surface area contributed by atoms with Crippen molar-refractivity contribution in [2.75, 3.05) is 5.32 Å². The smallest absolute Gasteiger partial charge is 0.241 e. The number of fused-ring (bicyclic) bond motifs is 1. The molecule has 8 heteroatoms. The van der Waals surface area contributed by atoms with Crippen molar-refractivity contribution in [2.24, 2.45) is 5.92 Å². The van der Waals surface area contributed by atoms with Gasteiger partial charge in [0.05, 0.1) is 6.04 Å². The number of aromatic nitrogens is 2. The molecule has 3 atom stereocenters. The van der Waals surface area contributed by atoms with Crippen LogP contribution < -0.4 is 15.4 Å². The van der Waals surface area contributed by atoms with Crippen LogP contribution in [0.4, 0.5) is 5.69 Å². The molecule has 0 spiro atoms. The van der Waals surface area contributed by atoms with Crippen molar-refractivity contribution >= 4 is 36.4 Å². The average Bonchev–Trinajstić information content (AvgIpc) is 3.07. The molecule has 1 aromatic carbocycles. The summed E-state index contributed by atoms with van der Waals surface area (Å²) in [6.45, 7) is 0. The van der Waals surface area contributed by atoms with Gasteiger partial charge < -0.3 is 15.4 Å². The summed E-state index contributed by atoms with van der Waals surface area (Å²) >= 11 is 0. The van der Waals surface area contributed by atoms with E-state index in [4.69, 9.17) is 4.74 Å². The monoisotopic (exact) mass is 410 g/mol. The van der Waals surface area contributed by atoms with Crippen LogP contribution >= 0.6 is 24.8 Å². The topological polar surface area (TPSA) is 76.1 Å². The first-order valence-corrected chi connectivity index (χ1v) is 8.90. The predicted octanol–water partition coefficient (Wildman–Crippen LogP) is 3.97. The van der Waals surface area contributed by atoms with E-state index < -0.39 is 0 Å². The molecule has 1 aliphatic heterocycles. The average molecular weight is 411 g/mol. The van der Waals surface area contributed by atoms with Gasteiger partial charge in [0.1, 0.15) is 5.75 Å². The fourth-order valence-corrected chi connectivity index (χ4v) is 3.85. The Labute approximate surface area is 171 Å². The van der Waals surface area contributed by atoms with Crippen LogP contribution in [0.2, 0.25) is 0 Å². The predicted molar refractivity (Wildman–Crippen MR) is 109 cm³/mol. The minimum absolute atomic E-state index is 0. The van der Waals surface area contributed by atoms with Gasteiger partial charge in [-0.3, -0.25) is 4.79 Å². The highest BCUT2D eigenvalue weighted by Crippen LogP contribution is 2.33. The zero-order chi connectivity index (χ0) is 17.1. The largest absolute Gasteiger partial charge is 0.437 e. The van der Waals surface area contributed by atoms with Gasteiger partial charge in [-0.1, -0.05) is 18.9 Å². The lowest BCUT2D eigenvalue weighted by atomic mass is 9.85. The first-order valence-electron chi connectivity index (χ1n) is 8.90.